The van der Waals surface area contributed by atoms with Gasteiger partial charge in [-0.25, -0.2) is 0 Å². The zero-order valence-corrected chi connectivity index (χ0v) is 15.5. The van der Waals surface area contributed by atoms with Crippen molar-refractivity contribution in [3.8, 4) is 5.75 Å². The smallest absolute Gasteiger partial charge is 0.260 e. The first-order valence-electron chi connectivity index (χ1n) is 9.20. The van der Waals surface area contributed by atoms with Crippen LogP contribution < -0.4 is 10.1 Å². The Kier molecular flexibility index (Phi) is 6.62. The maximum absolute atomic E-state index is 12.3. The molecule has 2 aromatic rings. The van der Waals surface area contributed by atoms with E-state index >= 15 is 0 Å². The van der Waals surface area contributed by atoms with Gasteiger partial charge in [0.1, 0.15) is 5.75 Å². The SMILES string of the molecule is O=C(NCC(=O)N1CCN(C(=O)COc2ccccc2)CC1)c1ccccc1. The molecule has 0 aliphatic carbocycles. The summed E-state index contributed by atoms with van der Waals surface area (Å²) in [6.45, 7) is 1.71. The van der Waals surface area contributed by atoms with Crippen molar-refractivity contribution in [1.29, 1.82) is 0 Å². The average Bonchev–Trinajstić information content (AvgIpc) is 2.77. The zero-order valence-electron chi connectivity index (χ0n) is 15.5. The molecule has 1 aliphatic rings. The zero-order chi connectivity index (χ0) is 19.8. The lowest BCUT2D eigenvalue weighted by Crippen LogP contribution is -2.53. The highest BCUT2D eigenvalue weighted by Gasteiger charge is 2.24. The van der Waals surface area contributed by atoms with Gasteiger partial charge in [-0.3, -0.25) is 14.4 Å². The Balaban J connectivity index is 1.39. The lowest BCUT2D eigenvalue weighted by atomic mass is 10.2. The van der Waals surface area contributed by atoms with Gasteiger partial charge in [0, 0.05) is 31.7 Å². The summed E-state index contributed by atoms with van der Waals surface area (Å²) < 4.78 is 5.48. The van der Waals surface area contributed by atoms with Gasteiger partial charge in [-0.15, -0.1) is 0 Å². The molecule has 0 unspecified atom stereocenters. The van der Waals surface area contributed by atoms with E-state index in [2.05, 4.69) is 5.32 Å². The minimum atomic E-state index is -0.277. The molecule has 0 aromatic heterocycles. The molecule has 2 aromatic carbocycles. The molecule has 3 rings (SSSR count). The van der Waals surface area contributed by atoms with E-state index in [4.69, 9.17) is 4.74 Å². The maximum atomic E-state index is 12.3. The Bertz CT molecular complexity index is 803. The van der Waals surface area contributed by atoms with Crippen LogP contribution in [-0.2, 0) is 9.59 Å². The topological polar surface area (TPSA) is 79.0 Å². The molecular formula is C21H23N3O4. The van der Waals surface area contributed by atoms with Crippen LogP contribution in [0.2, 0.25) is 0 Å². The van der Waals surface area contributed by atoms with Gasteiger partial charge in [0.15, 0.2) is 6.61 Å². The molecule has 3 amide bonds. The molecule has 1 saturated heterocycles. The Labute approximate surface area is 163 Å². The molecule has 7 heteroatoms. The van der Waals surface area contributed by atoms with Crippen LogP contribution in [0.15, 0.2) is 60.7 Å². The van der Waals surface area contributed by atoms with Crippen LogP contribution >= 0.6 is 0 Å². The normalized spacial score (nSPS) is 13.7. The van der Waals surface area contributed by atoms with E-state index in [-0.39, 0.29) is 30.9 Å². The summed E-state index contributed by atoms with van der Waals surface area (Å²) in [5.74, 6) is 0.116. The van der Waals surface area contributed by atoms with Crippen LogP contribution in [0.4, 0.5) is 0 Å². The summed E-state index contributed by atoms with van der Waals surface area (Å²) in [7, 11) is 0. The quantitative estimate of drug-likeness (QED) is 0.815. The van der Waals surface area contributed by atoms with Gasteiger partial charge in [0.2, 0.25) is 5.91 Å². The van der Waals surface area contributed by atoms with Gasteiger partial charge in [-0.05, 0) is 24.3 Å². The van der Waals surface area contributed by atoms with Gasteiger partial charge in [0.05, 0.1) is 6.54 Å². The van der Waals surface area contributed by atoms with Crippen LogP contribution in [0.3, 0.4) is 0 Å². The number of amides is 3. The molecule has 0 radical (unpaired) electrons. The number of carbonyl (C=O) groups is 3. The molecule has 0 atom stereocenters. The Morgan fingerprint density at radius 1 is 0.786 bits per heavy atom. The van der Waals surface area contributed by atoms with E-state index in [1.807, 2.05) is 24.3 Å². The molecular weight excluding hydrogens is 358 g/mol. The fourth-order valence-electron chi connectivity index (χ4n) is 2.92. The number of nitrogens with zero attached hydrogens (tertiary/aromatic N) is 2. The second-order valence-corrected chi connectivity index (χ2v) is 6.41. The lowest BCUT2D eigenvalue weighted by molar-refractivity contribution is -0.140. The van der Waals surface area contributed by atoms with Crippen LogP contribution in [0.5, 0.6) is 5.75 Å². The van der Waals surface area contributed by atoms with Gasteiger partial charge < -0.3 is 19.9 Å². The second kappa shape index (κ2) is 9.55. The van der Waals surface area contributed by atoms with Gasteiger partial charge >= 0.3 is 0 Å². The summed E-state index contributed by atoms with van der Waals surface area (Å²) in [5.41, 5.74) is 0.518. The number of piperazine rings is 1. The highest BCUT2D eigenvalue weighted by Crippen LogP contribution is 2.09. The summed E-state index contributed by atoms with van der Waals surface area (Å²) in [6.07, 6.45) is 0. The van der Waals surface area contributed by atoms with Crippen molar-refractivity contribution >= 4 is 17.7 Å². The summed E-state index contributed by atoms with van der Waals surface area (Å²) in [5, 5.41) is 2.64. The highest BCUT2D eigenvalue weighted by atomic mass is 16.5. The third-order valence-electron chi connectivity index (χ3n) is 4.53. The molecule has 0 spiro atoms. The summed E-state index contributed by atoms with van der Waals surface area (Å²) >= 11 is 0. The first-order chi connectivity index (χ1) is 13.6. The molecule has 28 heavy (non-hydrogen) atoms. The standard InChI is InChI=1S/C21H23N3O4/c25-19(15-22-21(27)17-7-3-1-4-8-17)23-11-13-24(14-12-23)20(26)16-28-18-9-5-2-6-10-18/h1-10H,11-16H2,(H,22,27). The molecule has 1 N–H and O–H groups in total. The van der Waals surface area contributed by atoms with Crippen molar-refractivity contribution in [2.45, 2.75) is 0 Å². The highest BCUT2D eigenvalue weighted by molar-refractivity contribution is 5.96. The van der Waals surface area contributed by atoms with Crippen LogP contribution in [0.1, 0.15) is 10.4 Å². The van der Waals surface area contributed by atoms with Gasteiger partial charge in [-0.2, -0.15) is 0 Å². The number of carbonyl (C=O) groups excluding carboxylic acids is 3. The molecule has 1 heterocycles. The fraction of sp³-hybridized carbons (Fsp3) is 0.286. The predicted octanol–water partition coefficient (Wildman–Crippen LogP) is 1.17. The summed E-state index contributed by atoms with van der Waals surface area (Å²) in [6, 6.07) is 17.9. The predicted molar refractivity (Wildman–Crippen MR) is 104 cm³/mol. The number of hydrogen-bond donors (Lipinski definition) is 1. The molecule has 146 valence electrons. The van der Waals surface area contributed by atoms with E-state index in [1.54, 1.807) is 46.2 Å². The monoisotopic (exact) mass is 381 g/mol. The van der Waals surface area contributed by atoms with Crippen LogP contribution in [0, 0.1) is 0 Å². The minimum Gasteiger partial charge on any atom is -0.484 e. The molecule has 1 aliphatic heterocycles. The molecule has 0 bridgehead atoms. The molecule has 7 nitrogen and oxygen atoms in total. The van der Waals surface area contributed by atoms with Crippen LogP contribution in [0.25, 0.3) is 0 Å². The molecule has 1 fully saturated rings. The second-order valence-electron chi connectivity index (χ2n) is 6.41. The first-order valence-corrected chi connectivity index (χ1v) is 9.20. The van der Waals surface area contributed by atoms with Gasteiger partial charge in [0.25, 0.3) is 11.8 Å². The third-order valence-corrected chi connectivity index (χ3v) is 4.53. The number of para-hydroxylation sites is 1. The largest absolute Gasteiger partial charge is 0.484 e. The van der Waals surface area contributed by atoms with E-state index in [0.29, 0.717) is 37.5 Å². The van der Waals surface area contributed by atoms with Crippen molar-refractivity contribution in [2.24, 2.45) is 0 Å². The average molecular weight is 381 g/mol. The van der Waals surface area contributed by atoms with Crippen molar-refractivity contribution in [3.63, 3.8) is 0 Å². The lowest BCUT2D eigenvalue weighted by Gasteiger charge is -2.34. The third kappa shape index (κ3) is 5.33. The van der Waals surface area contributed by atoms with E-state index in [9.17, 15) is 14.4 Å². The maximum Gasteiger partial charge on any atom is 0.260 e. The van der Waals surface area contributed by atoms with Crippen LogP contribution in [-0.4, -0.2) is 66.9 Å². The van der Waals surface area contributed by atoms with Crippen molar-refractivity contribution in [2.75, 3.05) is 39.3 Å². The minimum absolute atomic E-state index is 0.0227. The Morgan fingerprint density at radius 2 is 1.32 bits per heavy atom. The first kappa shape index (κ1) is 19.4. The Hall–Kier alpha value is -3.35. The molecule has 0 saturated carbocycles. The van der Waals surface area contributed by atoms with E-state index < -0.39 is 0 Å². The van der Waals surface area contributed by atoms with E-state index in [0.717, 1.165) is 0 Å². The van der Waals surface area contributed by atoms with Gasteiger partial charge in [-0.1, -0.05) is 36.4 Å². The van der Waals surface area contributed by atoms with Crippen molar-refractivity contribution in [1.82, 2.24) is 15.1 Å². The van der Waals surface area contributed by atoms with E-state index in [1.165, 1.54) is 0 Å². The number of hydrogen-bond acceptors (Lipinski definition) is 4. The number of nitrogens with one attached hydrogen (secondary N) is 1. The number of rotatable bonds is 6. The number of ether oxygens (including phenoxy) is 1. The summed E-state index contributed by atoms with van der Waals surface area (Å²) in [4.78, 5) is 39.9. The van der Waals surface area contributed by atoms with Crippen molar-refractivity contribution < 1.29 is 19.1 Å². The fourth-order valence-corrected chi connectivity index (χ4v) is 2.92. The Morgan fingerprint density at radius 3 is 1.93 bits per heavy atom. The van der Waals surface area contributed by atoms with Crippen molar-refractivity contribution in [3.05, 3.63) is 66.2 Å². The number of benzene rings is 2.